The van der Waals surface area contributed by atoms with Crippen molar-refractivity contribution in [2.45, 2.75) is 30.9 Å². The molecule has 3 heterocycles. The summed E-state index contributed by atoms with van der Waals surface area (Å²) in [5.41, 5.74) is 2.30. The maximum absolute atomic E-state index is 13.4. The van der Waals surface area contributed by atoms with Crippen LogP contribution in [0.2, 0.25) is 0 Å². The first kappa shape index (κ1) is 26.9. The van der Waals surface area contributed by atoms with Gasteiger partial charge < -0.3 is 15.5 Å². The van der Waals surface area contributed by atoms with E-state index in [4.69, 9.17) is 0 Å². The van der Waals surface area contributed by atoms with Gasteiger partial charge in [0, 0.05) is 29.3 Å². The summed E-state index contributed by atoms with van der Waals surface area (Å²) in [5.74, 6) is 0.525. The number of nitrogens with one attached hydrogen (secondary N) is 3. The van der Waals surface area contributed by atoms with Gasteiger partial charge in [0.1, 0.15) is 10.0 Å². The van der Waals surface area contributed by atoms with Gasteiger partial charge in [0.15, 0.2) is 0 Å². The number of anilines is 2. The van der Waals surface area contributed by atoms with Gasteiger partial charge in [-0.1, -0.05) is 0 Å². The summed E-state index contributed by atoms with van der Waals surface area (Å²) in [6, 6.07) is 14.4. The number of hydrogen-bond donors (Lipinski definition) is 3. The van der Waals surface area contributed by atoms with Crippen LogP contribution in [0, 0.1) is 13.8 Å². The van der Waals surface area contributed by atoms with E-state index in [0.29, 0.717) is 28.1 Å². The second kappa shape index (κ2) is 11.2. The molecule has 3 N–H and O–H groups in total. The summed E-state index contributed by atoms with van der Waals surface area (Å²) in [6.45, 7) is 7.69. The summed E-state index contributed by atoms with van der Waals surface area (Å²) >= 11 is 1.08. The quantitative estimate of drug-likeness (QED) is 0.293. The Balaban J connectivity index is 1.28. The molecule has 2 amide bonds. The third-order valence-electron chi connectivity index (χ3n) is 6.58. The molecule has 12 heteroatoms. The Morgan fingerprint density at radius 2 is 1.72 bits per heavy atom. The van der Waals surface area contributed by atoms with Gasteiger partial charge >= 0.3 is 6.03 Å². The van der Waals surface area contributed by atoms with Gasteiger partial charge in [-0.3, -0.25) is 9.36 Å². The van der Waals surface area contributed by atoms with Crippen LogP contribution < -0.4 is 20.9 Å². The smallest absolute Gasteiger partial charge is 0.333 e. The van der Waals surface area contributed by atoms with Gasteiger partial charge in [-0.05, 0) is 94.4 Å². The Kier molecular flexibility index (Phi) is 7.69. The average Bonchev–Trinajstić information content (AvgIpc) is 3.57. The van der Waals surface area contributed by atoms with Crippen LogP contribution in [0.25, 0.3) is 16.6 Å². The number of aryl methyl sites for hydroxylation is 2. The third-order valence-corrected chi connectivity index (χ3v) is 9.41. The Morgan fingerprint density at radius 1 is 1.00 bits per heavy atom. The largest absolute Gasteiger partial charge is 0.384 e. The van der Waals surface area contributed by atoms with Gasteiger partial charge in [-0.25, -0.2) is 22.9 Å². The lowest BCUT2D eigenvalue weighted by Gasteiger charge is -2.16. The van der Waals surface area contributed by atoms with Crippen LogP contribution in [-0.4, -0.2) is 55.1 Å². The van der Waals surface area contributed by atoms with Crippen molar-refractivity contribution in [1.82, 2.24) is 19.2 Å². The lowest BCUT2D eigenvalue weighted by atomic mass is 10.2. The minimum absolute atomic E-state index is 0.0640. The number of hydrogen-bond acceptors (Lipinski definition) is 8. The summed E-state index contributed by atoms with van der Waals surface area (Å²) in [4.78, 5) is 33.6. The lowest BCUT2D eigenvalue weighted by Crippen LogP contribution is -2.33. The second-order valence-electron chi connectivity index (χ2n) is 9.48. The number of amides is 2. The van der Waals surface area contributed by atoms with Gasteiger partial charge in [0.05, 0.1) is 16.6 Å². The molecule has 1 fully saturated rings. The maximum Gasteiger partial charge on any atom is 0.333 e. The number of sulfonamides is 1. The first-order valence-electron chi connectivity index (χ1n) is 12.7. The number of thiophene rings is 1. The predicted octanol–water partition coefficient (Wildman–Crippen LogP) is 4.08. The van der Waals surface area contributed by atoms with E-state index < -0.39 is 16.1 Å². The fourth-order valence-electron chi connectivity index (χ4n) is 4.65. The van der Waals surface area contributed by atoms with E-state index in [1.54, 1.807) is 50.2 Å². The van der Waals surface area contributed by atoms with E-state index in [1.807, 2.05) is 16.9 Å². The Hall–Kier alpha value is -3.74. The maximum atomic E-state index is 13.4. The minimum atomic E-state index is -3.96. The molecular formula is C27H30N6O4S2. The van der Waals surface area contributed by atoms with Gasteiger partial charge in [-0.2, -0.15) is 0 Å². The number of carbonyl (C=O) groups excluding carboxylic acids is 1. The van der Waals surface area contributed by atoms with Crippen molar-refractivity contribution in [3.05, 3.63) is 75.7 Å². The van der Waals surface area contributed by atoms with E-state index in [-0.39, 0.29) is 9.77 Å². The molecule has 39 heavy (non-hydrogen) atoms. The molecule has 4 aromatic rings. The van der Waals surface area contributed by atoms with Crippen molar-refractivity contribution in [2.24, 2.45) is 0 Å². The highest BCUT2D eigenvalue weighted by molar-refractivity contribution is 7.92. The normalized spacial score (nSPS) is 14.0. The summed E-state index contributed by atoms with van der Waals surface area (Å²) in [6.07, 6.45) is 2.53. The van der Waals surface area contributed by atoms with Crippen molar-refractivity contribution in [3.63, 3.8) is 0 Å². The SMILES string of the molecule is Cc1ccc(S(=O)(=O)NC(=O)Nc2ccc(-n3c(C)nc4cc(NCCN5CCCC5)ccc4c3=O)cc2)s1. The number of rotatable bonds is 8. The van der Waals surface area contributed by atoms with Crippen molar-refractivity contribution < 1.29 is 13.2 Å². The molecule has 1 saturated heterocycles. The number of urea groups is 1. The third kappa shape index (κ3) is 6.13. The highest BCUT2D eigenvalue weighted by Crippen LogP contribution is 2.21. The number of nitrogens with zero attached hydrogens (tertiary/aromatic N) is 3. The predicted molar refractivity (Wildman–Crippen MR) is 155 cm³/mol. The molecule has 0 atom stereocenters. The topological polar surface area (TPSA) is 125 Å². The molecule has 2 aromatic heterocycles. The minimum Gasteiger partial charge on any atom is -0.384 e. The van der Waals surface area contributed by atoms with Crippen LogP contribution in [0.5, 0.6) is 0 Å². The standard InChI is InChI=1S/C27H30N6O4S2/c1-18-5-12-25(38-18)39(36,37)31-27(35)30-20-6-9-22(10-7-20)33-19(2)29-24-17-21(8-11-23(24)26(33)34)28-13-16-32-14-3-4-15-32/h5-12,17,28H,3-4,13-16H2,1-2H3,(H2,30,31,35). The van der Waals surface area contributed by atoms with Gasteiger partial charge in [0.25, 0.3) is 15.6 Å². The Labute approximate surface area is 230 Å². The zero-order valence-electron chi connectivity index (χ0n) is 21.7. The molecule has 204 valence electrons. The molecule has 0 unspecified atom stereocenters. The van der Waals surface area contributed by atoms with Crippen molar-refractivity contribution in [1.29, 1.82) is 0 Å². The molecule has 0 aliphatic carbocycles. The van der Waals surface area contributed by atoms with Gasteiger partial charge in [-0.15, -0.1) is 11.3 Å². The first-order chi connectivity index (χ1) is 18.7. The fourth-order valence-corrected chi connectivity index (χ4v) is 6.85. The lowest BCUT2D eigenvalue weighted by molar-refractivity contribution is 0.256. The van der Waals surface area contributed by atoms with Crippen molar-refractivity contribution in [2.75, 3.05) is 36.8 Å². The first-order valence-corrected chi connectivity index (χ1v) is 15.0. The van der Waals surface area contributed by atoms with E-state index in [0.717, 1.165) is 48.1 Å². The van der Waals surface area contributed by atoms with E-state index in [1.165, 1.54) is 23.5 Å². The average molecular weight is 567 g/mol. The van der Waals surface area contributed by atoms with Crippen LogP contribution in [0.15, 0.2) is 63.6 Å². The molecule has 0 spiro atoms. The number of fused-ring (bicyclic) bond motifs is 1. The highest BCUT2D eigenvalue weighted by Gasteiger charge is 2.19. The molecule has 1 aliphatic rings. The number of likely N-dealkylation sites (tertiary alicyclic amines) is 1. The molecule has 5 rings (SSSR count). The molecule has 2 aromatic carbocycles. The molecular weight excluding hydrogens is 536 g/mol. The van der Waals surface area contributed by atoms with Crippen LogP contribution >= 0.6 is 11.3 Å². The molecule has 1 aliphatic heterocycles. The number of carbonyl (C=O) groups is 1. The Bertz CT molecular complexity index is 1670. The van der Waals surface area contributed by atoms with Crippen LogP contribution in [0.1, 0.15) is 23.5 Å². The summed E-state index contributed by atoms with van der Waals surface area (Å²) < 4.78 is 28.3. The summed E-state index contributed by atoms with van der Waals surface area (Å²) in [5, 5.41) is 6.44. The number of benzene rings is 2. The second-order valence-corrected chi connectivity index (χ2v) is 12.7. The molecule has 0 saturated carbocycles. The fraction of sp³-hybridized carbons (Fsp3) is 0.296. The van der Waals surface area contributed by atoms with Crippen molar-refractivity contribution >= 4 is 49.7 Å². The van der Waals surface area contributed by atoms with Crippen LogP contribution in [0.3, 0.4) is 0 Å². The molecule has 10 nitrogen and oxygen atoms in total. The molecule has 0 radical (unpaired) electrons. The zero-order valence-corrected chi connectivity index (χ0v) is 23.4. The zero-order chi connectivity index (χ0) is 27.6. The van der Waals surface area contributed by atoms with Crippen molar-refractivity contribution in [3.8, 4) is 5.69 Å². The Morgan fingerprint density at radius 3 is 2.41 bits per heavy atom. The van der Waals surface area contributed by atoms with Gasteiger partial charge in [0.2, 0.25) is 0 Å². The van der Waals surface area contributed by atoms with E-state index in [2.05, 4.69) is 20.5 Å². The molecule has 0 bridgehead atoms. The number of aromatic nitrogens is 2. The van der Waals surface area contributed by atoms with E-state index >= 15 is 0 Å². The van der Waals surface area contributed by atoms with Crippen LogP contribution in [-0.2, 0) is 10.0 Å². The van der Waals surface area contributed by atoms with Crippen LogP contribution in [0.4, 0.5) is 16.2 Å². The highest BCUT2D eigenvalue weighted by atomic mass is 32.2. The summed E-state index contributed by atoms with van der Waals surface area (Å²) in [7, 11) is -3.96. The monoisotopic (exact) mass is 566 g/mol. The van der Waals surface area contributed by atoms with E-state index in [9.17, 15) is 18.0 Å².